The van der Waals surface area contributed by atoms with Gasteiger partial charge in [-0.3, -0.25) is 4.79 Å². The number of hydrogen-bond donors (Lipinski definition) is 1. The van der Waals surface area contributed by atoms with E-state index in [1.165, 1.54) is 12.2 Å². The van der Waals surface area contributed by atoms with E-state index in [0.29, 0.717) is 16.7 Å². The summed E-state index contributed by atoms with van der Waals surface area (Å²) in [5.41, 5.74) is 2.50. The Morgan fingerprint density at radius 3 is 2.58 bits per heavy atom. The maximum absolute atomic E-state index is 12.5. The fraction of sp³-hybridized carbons (Fsp3) is 0.450. The van der Waals surface area contributed by atoms with Gasteiger partial charge >= 0.3 is 11.9 Å². The number of ketones is 1. The van der Waals surface area contributed by atoms with Crippen molar-refractivity contribution in [1.29, 1.82) is 0 Å². The van der Waals surface area contributed by atoms with Crippen molar-refractivity contribution in [2.45, 2.75) is 46.0 Å². The first-order chi connectivity index (χ1) is 12.1. The smallest absolute Gasteiger partial charge is 0.334 e. The summed E-state index contributed by atoms with van der Waals surface area (Å²) >= 11 is 0. The molecule has 0 aromatic heterocycles. The Labute approximate surface area is 151 Å². The van der Waals surface area contributed by atoms with Crippen LogP contribution >= 0.6 is 0 Å². The van der Waals surface area contributed by atoms with Gasteiger partial charge in [-0.1, -0.05) is 17.7 Å². The molecule has 0 radical (unpaired) electrons. The van der Waals surface area contributed by atoms with Crippen LogP contribution < -0.4 is 0 Å². The van der Waals surface area contributed by atoms with Crippen LogP contribution in [-0.4, -0.2) is 41.1 Å². The summed E-state index contributed by atoms with van der Waals surface area (Å²) in [5.74, 6) is -2.74. The Bertz CT molecular complexity index is 808. The maximum Gasteiger partial charge on any atom is 0.334 e. The molecule has 0 amide bonds. The monoisotopic (exact) mass is 358 g/mol. The molecule has 0 bridgehead atoms. The topological polar surface area (TPSA) is 89.9 Å². The van der Waals surface area contributed by atoms with Crippen LogP contribution in [0.2, 0.25) is 0 Å². The van der Waals surface area contributed by atoms with Crippen molar-refractivity contribution in [2.24, 2.45) is 11.8 Å². The zero-order valence-electron chi connectivity index (χ0n) is 15.2. The second-order valence-electron chi connectivity index (χ2n) is 7.32. The van der Waals surface area contributed by atoms with E-state index in [9.17, 15) is 19.5 Å². The first kappa shape index (κ1) is 18.3. The van der Waals surface area contributed by atoms with Crippen LogP contribution in [0.3, 0.4) is 0 Å². The fourth-order valence-corrected chi connectivity index (χ4v) is 4.05. The van der Waals surface area contributed by atoms with Crippen molar-refractivity contribution in [2.75, 3.05) is 0 Å². The molecule has 1 heterocycles. The van der Waals surface area contributed by atoms with E-state index < -0.39 is 42.1 Å². The van der Waals surface area contributed by atoms with E-state index in [2.05, 4.69) is 6.58 Å². The number of esters is 2. The Balaban J connectivity index is 2.11. The lowest BCUT2D eigenvalue weighted by Crippen LogP contribution is -2.40. The van der Waals surface area contributed by atoms with Crippen LogP contribution in [0.25, 0.3) is 0 Å². The lowest BCUT2D eigenvalue weighted by Gasteiger charge is -2.28. The SMILES string of the molecule is C=C1C(=O)O[C@H]2[C@H]1[C@H](O)[C@H]1C(C)=CC(=O)C1=C(C)[C@@H]2OC(=O)C=C(C)C. The summed E-state index contributed by atoms with van der Waals surface area (Å²) < 4.78 is 11.0. The van der Waals surface area contributed by atoms with Gasteiger partial charge in [0.2, 0.25) is 0 Å². The molecule has 3 aliphatic rings. The highest BCUT2D eigenvalue weighted by Crippen LogP contribution is 2.47. The number of rotatable bonds is 2. The minimum absolute atomic E-state index is 0.131. The molecule has 0 saturated carbocycles. The molecule has 1 aliphatic heterocycles. The van der Waals surface area contributed by atoms with Crippen molar-refractivity contribution < 1.29 is 29.0 Å². The highest BCUT2D eigenvalue weighted by Gasteiger charge is 2.55. The van der Waals surface area contributed by atoms with Crippen LogP contribution in [0.5, 0.6) is 0 Å². The maximum atomic E-state index is 12.5. The number of ether oxygens (including phenoxy) is 2. The predicted molar refractivity (Wildman–Crippen MR) is 92.8 cm³/mol. The van der Waals surface area contributed by atoms with E-state index in [1.54, 1.807) is 27.7 Å². The molecular weight excluding hydrogens is 336 g/mol. The van der Waals surface area contributed by atoms with Crippen LogP contribution in [0.4, 0.5) is 0 Å². The lowest BCUT2D eigenvalue weighted by atomic mass is 9.81. The molecule has 1 fully saturated rings. The van der Waals surface area contributed by atoms with Gasteiger partial charge in [0.1, 0.15) is 0 Å². The Hall–Kier alpha value is -2.47. The first-order valence-electron chi connectivity index (χ1n) is 8.50. The van der Waals surface area contributed by atoms with Crippen molar-refractivity contribution in [3.05, 3.63) is 46.6 Å². The average molecular weight is 358 g/mol. The number of allylic oxidation sites excluding steroid dienone is 2. The third-order valence-corrected chi connectivity index (χ3v) is 5.20. The highest BCUT2D eigenvalue weighted by molar-refractivity contribution is 6.09. The van der Waals surface area contributed by atoms with Crippen LogP contribution in [0, 0.1) is 11.8 Å². The molecule has 0 aromatic rings. The minimum Gasteiger partial charge on any atom is -0.454 e. The van der Waals surface area contributed by atoms with Gasteiger partial charge in [-0.15, -0.1) is 0 Å². The molecule has 138 valence electrons. The molecule has 1 saturated heterocycles. The molecule has 26 heavy (non-hydrogen) atoms. The van der Waals surface area contributed by atoms with Crippen LogP contribution in [0.15, 0.2) is 46.6 Å². The molecule has 6 nitrogen and oxygen atoms in total. The third kappa shape index (κ3) is 2.74. The quantitative estimate of drug-likeness (QED) is 0.598. The van der Waals surface area contributed by atoms with Gasteiger partial charge in [0.15, 0.2) is 18.0 Å². The zero-order chi connectivity index (χ0) is 19.3. The number of carbonyl (C=O) groups excluding carboxylic acids is 3. The number of aliphatic hydroxyl groups is 1. The highest BCUT2D eigenvalue weighted by atomic mass is 16.6. The Morgan fingerprint density at radius 2 is 1.96 bits per heavy atom. The fourth-order valence-electron chi connectivity index (χ4n) is 4.05. The van der Waals surface area contributed by atoms with Gasteiger partial charge in [-0.05, 0) is 39.3 Å². The Morgan fingerprint density at radius 1 is 1.31 bits per heavy atom. The number of hydrogen-bond acceptors (Lipinski definition) is 6. The van der Waals surface area contributed by atoms with Gasteiger partial charge in [-0.25, -0.2) is 9.59 Å². The van der Waals surface area contributed by atoms with Crippen molar-refractivity contribution >= 4 is 17.7 Å². The first-order valence-corrected chi connectivity index (χ1v) is 8.50. The van der Waals surface area contributed by atoms with Gasteiger partial charge in [0.25, 0.3) is 0 Å². The van der Waals surface area contributed by atoms with Gasteiger partial charge < -0.3 is 14.6 Å². The molecule has 2 aliphatic carbocycles. The minimum atomic E-state index is -1.06. The number of aliphatic hydroxyl groups excluding tert-OH is 1. The molecule has 5 atom stereocenters. The summed E-state index contributed by atoms with van der Waals surface area (Å²) in [6, 6.07) is 0. The van der Waals surface area contributed by atoms with Crippen molar-refractivity contribution in [1.82, 2.24) is 0 Å². The molecule has 3 rings (SSSR count). The lowest BCUT2D eigenvalue weighted by molar-refractivity contribution is -0.156. The summed E-state index contributed by atoms with van der Waals surface area (Å²) in [4.78, 5) is 36.7. The van der Waals surface area contributed by atoms with E-state index in [1.807, 2.05) is 0 Å². The standard InChI is InChI=1S/C20H22O6/c1-8(2)6-13(22)25-18-10(4)15-12(21)7-9(3)14(15)17(23)16-11(5)20(24)26-19(16)18/h6-7,14,16-19,23H,5H2,1-4H3/t14-,16+,17+,18-,19-/m0/s1. The molecule has 1 N–H and O–H groups in total. The number of fused-ring (bicyclic) bond motifs is 2. The second kappa shape index (κ2) is 6.36. The predicted octanol–water partition coefficient (Wildman–Crippen LogP) is 1.80. The van der Waals surface area contributed by atoms with Gasteiger partial charge in [-0.2, -0.15) is 0 Å². The molecule has 6 heteroatoms. The van der Waals surface area contributed by atoms with E-state index in [4.69, 9.17) is 9.47 Å². The molecular formula is C20H22O6. The van der Waals surface area contributed by atoms with E-state index in [-0.39, 0.29) is 11.4 Å². The van der Waals surface area contributed by atoms with Gasteiger partial charge in [0.05, 0.1) is 12.0 Å². The third-order valence-electron chi connectivity index (χ3n) is 5.20. The summed E-state index contributed by atoms with van der Waals surface area (Å²) in [7, 11) is 0. The Kier molecular flexibility index (Phi) is 4.48. The molecule has 0 spiro atoms. The van der Waals surface area contributed by atoms with Crippen LogP contribution in [-0.2, 0) is 23.9 Å². The largest absolute Gasteiger partial charge is 0.454 e. The zero-order valence-corrected chi connectivity index (χ0v) is 15.2. The molecule has 0 unspecified atom stereocenters. The second-order valence-corrected chi connectivity index (χ2v) is 7.32. The van der Waals surface area contributed by atoms with E-state index >= 15 is 0 Å². The number of carbonyl (C=O) groups is 3. The summed E-state index contributed by atoms with van der Waals surface area (Å²) in [5, 5.41) is 10.9. The summed E-state index contributed by atoms with van der Waals surface area (Å²) in [6.45, 7) is 10.7. The summed E-state index contributed by atoms with van der Waals surface area (Å²) in [6.07, 6.45) is -0.110. The molecule has 0 aromatic carbocycles. The average Bonchev–Trinajstić information content (AvgIpc) is 2.96. The van der Waals surface area contributed by atoms with Gasteiger partial charge in [0, 0.05) is 23.1 Å². The van der Waals surface area contributed by atoms with Crippen molar-refractivity contribution in [3.8, 4) is 0 Å². The van der Waals surface area contributed by atoms with Crippen LogP contribution in [0.1, 0.15) is 27.7 Å². The normalized spacial score (nSPS) is 33.2. The van der Waals surface area contributed by atoms with E-state index in [0.717, 1.165) is 5.57 Å². The van der Waals surface area contributed by atoms with Crippen molar-refractivity contribution in [3.63, 3.8) is 0 Å².